The highest BCUT2D eigenvalue weighted by molar-refractivity contribution is 6.30. The van der Waals surface area contributed by atoms with Gasteiger partial charge in [-0.3, -0.25) is 4.79 Å². The van der Waals surface area contributed by atoms with Crippen LogP contribution in [0.1, 0.15) is 40.0 Å². The van der Waals surface area contributed by atoms with Gasteiger partial charge in [0.25, 0.3) is 0 Å². The molecule has 130 valence electrons. The molecule has 1 amide bonds. The highest BCUT2D eigenvalue weighted by Gasteiger charge is 2.19. The molecule has 0 radical (unpaired) electrons. The van der Waals surface area contributed by atoms with Crippen LogP contribution >= 0.6 is 11.6 Å². The van der Waals surface area contributed by atoms with Crippen molar-refractivity contribution in [2.45, 2.75) is 46.6 Å². The van der Waals surface area contributed by atoms with E-state index in [9.17, 15) is 4.79 Å². The van der Waals surface area contributed by atoms with Crippen LogP contribution in [0.4, 0.5) is 0 Å². The van der Waals surface area contributed by atoms with E-state index in [1.54, 1.807) is 12.1 Å². The number of rotatable bonds is 7. The van der Waals surface area contributed by atoms with Crippen molar-refractivity contribution in [3.8, 4) is 11.4 Å². The van der Waals surface area contributed by atoms with Gasteiger partial charge in [0.05, 0.1) is 0 Å². The van der Waals surface area contributed by atoms with Gasteiger partial charge in [0.15, 0.2) is 0 Å². The third kappa shape index (κ3) is 5.06. The van der Waals surface area contributed by atoms with Gasteiger partial charge >= 0.3 is 0 Å². The van der Waals surface area contributed by atoms with E-state index in [4.69, 9.17) is 16.1 Å². The van der Waals surface area contributed by atoms with E-state index >= 15 is 0 Å². The molecule has 0 saturated carbocycles. The van der Waals surface area contributed by atoms with E-state index < -0.39 is 0 Å². The van der Waals surface area contributed by atoms with Crippen LogP contribution in [0.5, 0.6) is 0 Å². The van der Waals surface area contributed by atoms with Gasteiger partial charge in [0, 0.05) is 36.0 Å². The van der Waals surface area contributed by atoms with Crippen LogP contribution in [0.3, 0.4) is 0 Å². The Balaban J connectivity index is 1.97. The first-order valence-corrected chi connectivity index (χ1v) is 8.62. The number of nitrogens with zero attached hydrogens (tertiary/aromatic N) is 3. The first kappa shape index (κ1) is 18.5. The Kier molecular flexibility index (Phi) is 6.37. The van der Waals surface area contributed by atoms with Crippen molar-refractivity contribution in [2.24, 2.45) is 5.92 Å². The van der Waals surface area contributed by atoms with Crippen molar-refractivity contribution in [2.75, 3.05) is 6.54 Å². The van der Waals surface area contributed by atoms with E-state index in [1.165, 1.54) is 0 Å². The van der Waals surface area contributed by atoms with Crippen LogP contribution in [0.15, 0.2) is 28.8 Å². The molecule has 0 aliphatic heterocycles. The molecule has 5 nitrogen and oxygen atoms in total. The number of hydrogen-bond donors (Lipinski definition) is 0. The Morgan fingerprint density at radius 1 is 1.21 bits per heavy atom. The zero-order valence-corrected chi connectivity index (χ0v) is 15.4. The summed E-state index contributed by atoms with van der Waals surface area (Å²) in [4.78, 5) is 18.7. The molecule has 0 aliphatic rings. The van der Waals surface area contributed by atoms with Crippen molar-refractivity contribution < 1.29 is 9.32 Å². The number of halogens is 1. The summed E-state index contributed by atoms with van der Waals surface area (Å²) in [5, 5.41) is 4.63. The van der Waals surface area contributed by atoms with Crippen molar-refractivity contribution >= 4 is 17.5 Å². The second-order valence-electron chi connectivity index (χ2n) is 6.55. The van der Waals surface area contributed by atoms with Gasteiger partial charge in [-0.25, -0.2) is 0 Å². The second kappa shape index (κ2) is 8.29. The zero-order valence-electron chi connectivity index (χ0n) is 14.6. The van der Waals surface area contributed by atoms with Gasteiger partial charge < -0.3 is 9.42 Å². The largest absolute Gasteiger partial charge is 0.340 e. The Hall–Kier alpha value is -1.88. The summed E-state index contributed by atoms with van der Waals surface area (Å²) < 4.78 is 5.26. The molecule has 0 fully saturated rings. The molecule has 1 heterocycles. The Morgan fingerprint density at radius 3 is 2.46 bits per heavy atom. The molecule has 0 spiro atoms. The van der Waals surface area contributed by atoms with Gasteiger partial charge in [0.2, 0.25) is 17.6 Å². The lowest BCUT2D eigenvalue weighted by molar-refractivity contribution is -0.133. The highest BCUT2D eigenvalue weighted by atomic mass is 35.5. The number of carbonyl (C=O) groups is 1. The lowest BCUT2D eigenvalue weighted by Gasteiger charge is -2.28. The second-order valence-corrected chi connectivity index (χ2v) is 6.99. The molecule has 2 rings (SSSR count). The normalized spacial score (nSPS) is 11.3. The molecule has 1 aromatic carbocycles. The SMILES string of the molecule is CC(C)CN(C(=O)CCc1nc(-c2ccc(Cl)cc2)no1)C(C)C. The average Bonchev–Trinajstić information content (AvgIpc) is 2.99. The number of aromatic nitrogens is 2. The van der Waals surface area contributed by atoms with Gasteiger partial charge in [-0.15, -0.1) is 0 Å². The van der Waals surface area contributed by atoms with Crippen molar-refractivity contribution in [1.82, 2.24) is 15.0 Å². The first-order chi connectivity index (χ1) is 11.4. The highest BCUT2D eigenvalue weighted by Crippen LogP contribution is 2.19. The Morgan fingerprint density at radius 2 is 1.88 bits per heavy atom. The minimum absolute atomic E-state index is 0.116. The summed E-state index contributed by atoms with van der Waals surface area (Å²) in [7, 11) is 0. The Bertz CT molecular complexity index is 665. The molecule has 24 heavy (non-hydrogen) atoms. The van der Waals surface area contributed by atoms with Crippen LogP contribution in [-0.2, 0) is 11.2 Å². The van der Waals surface area contributed by atoms with Crippen molar-refractivity contribution in [3.05, 3.63) is 35.2 Å². The summed E-state index contributed by atoms with van der Waals surface area (Å²) >= 11 is 5.87. The fraction of sp³-hybridized carbons (Fsp3) is 0.500. The molecule has 2 aromatic rings. The molecule has 0 unspecified atom stereocenters. The van der Waals surface area contributed by atoms with Gasteiger partial charge in [-0.05, 0) is 44.0 Å². The lowest BCUT2D eigenvalue weighted by Crippen LogP contribution is -2.39. The monoisotopic (exact) mass is 349 g/mol. The van der Waals surface area contributed by atoms with E-state index in [0.717, 1.165) is 12.1 Å². The van der Waals surface area contributed by atoms with E-state index in [-0.39, 0.29) is 11.9 Å². The number of benzene rings is 1. The summed E-state index contributed by atoms with van der Waals surface area (Å²) in [6.45, 7) is 9.05. The maximum atomic E-state index is 12.4. The molecule has 0 atom stereocenters. The number of hydrogen-bond acceptors (Lipinski definition) is 4. The third-order valence-corrected chi connectivity index (χ3v) is 3.88. The quantitative estimate of drug-likeness (QED) is 0.751. The Labute approximate surface area is 148 Å². The molecule has 0 saturated heterocycles. The average molecular weight is 350 g/mol. The maximum absolute atomic E-state index is 12.4. The molecule has 0 bridgehead atoms. The van der Waals surface area contributed by atoms with Crippen LogP contribution in [0, 0.1) is 5.92 Å². The van der Waals surface area contributed by atoms with E-state index in [2.05, 4.69) is 24.0 Å². The van der Waals surface area contributed by atoms with Crippen LogP contribution in [0.2, 0.25) is 5.02 Å². The minimum atomic E-state index is 0.116. The summed E-state index contributed by atoms with van der Waals surface area (Å²) in [6, 6.07) is 7.43. The molecule has 0 N–H and O–H groups in total. The van der Waals surface area contributed by atoms with E-state index in [1.807, 2.05) is 30.9 Å². The van der Waals surface area contributed by atoms with Gasteiger partial charge in [0.1, 0.15) is 0 Å². The molecule has 6 heteroatoms. The topological polar surface area (TPSA) is 59.2 Å². The zero-order chi connectivity index (χ0) is 17.7. The fourth-order valence-electron chi connectivity index (χ4n) is 2.42. The standard InChI is InChI=1S/C18H24ClN3O2/c1-12(2)11-22(13(3)4)17(23)10-9-16-20-18(21-24-16)14-5-7-15(19)8-6-14/h5-8,12-13H,9-11H2,1-4H3. The van der Waals surface area contributed by atoms with Crippen molar-refractivity contribution in [1.29, 1.82) is 0 Å². The molecular formula is C18H24ClN3O2. The molecule has 0 aliphatic carbocycles. The van der Waals surface area contributed by atoms with Crippen LogP contribution in [0.25, 0.3) is 11.4 Å². The number of carbonyl (C=O) groups excluding carboxylic acids is 1. The van der Waals surface area contributed by atoms with Crippen LogP contribution in [-0.4, -0.2) is 33.5 Å². The number of aryl methyl sites for hydroxylation is 1. The first-order valence-electron chi connectivity index (χ1n) is 8.24. The predicted octanol–water partition coefficient (Wildman–Crippen LogP) is 4.22. The molecule has 1 aromatic heterocycles. The van der Waals surface area contributed by atoms with Gasteiger partial charge in [-0.1, -0.05) is 30.6 Å². The van der Waals surface area contributed by atoms with E-state index in [0.29, 0.717) is 35.5 Å². The lowest BCUT2D eigenvalue weighted by atomic mass is 10.1. The fourth-order valence-corrected chi connectivity index (χ4v) is 2.55. The summed E-state index contributed by atoms with van der Waals surface area (Å²) in [6.07, 6.45) is 0.813. The maximum Gasteiger partial charge on any atom is 0.227 e. The number of amides is 1. The van der Waals surface area contributed by atoms with Gasteiger partial charge in [-0.2, -0.15) is 4.98 Å². The van der Waals surface area contributed by atoms with Crippen LogP contribution < -0.4 is 0 Å². The summed E-state index contributed by atoms with van der Waals surface area (Å²) in [5.41, 5.74) is 0.837. The minimum Gasteiger partial charge on any atom is -0.340 e. The summed E-state index contributed by atoms with van der Waals surface area (Å²) in [5.74, 6) is 1.54. The predicted molar refractivity (Wildman–Crippen MR) is 94.8 cm³/mol. The molecular weight excluding hydrogens is 326 g/mol. The smallest absolute Gasteiger partial charge is 0.227 e. The van der Waals surface area contributed by atoms with Crippen molar-refractivity contribution in [3.63, 3.8) is 0 Å². The third-order valence-electron chi connectivity index (χ3n) is 3.63.